The van der Waals surface area contributed by atoms with Crippen LogP contribution in [-0.2, 0) is 9.47 Å². The zero-order valence-corrected chi connectivity index (χ0v) is 22.5. The van der Waals surface area contributed by atoms with E-state index in [0.29, 0.717) is 43.4 Å². The van der Waals surface area contributed by atoms with E-state index in [1.807, 2.05) is 18.2 Å². The highest BCUT2D eigenvalue weighted by molar-refractivity contribution is 5.97. The fraction of sp³-hybridized carbons (Fsp3) is 0.556. The fourth-order valence-electron chi connectivity index (χ4n) is 5.65. The molecule has 0 aromatic carbocycles. The summed E-state index contributed by atoms with van der Waals surface area (Å²) in [4.78, 5) is 30.4. The lowest BCUT2D eigenvalue weighted by Gasteiger charge is -2.40. The van der Waals surface area contributed by atoms with Crippen LogP contribution in [-0.4, -0.2) is 83.7 Å². The van der Waals surface area contributed by atoms with E-state index in [2.05, 4.69) is 24.8 Å². The summed E-state index contributed by atoms with van der Waals surface area (Å²) >= 11 is 0. The van der Waals surface area contributed by atoms with Gasteiger partial charge in [0.2, 0.25) is 5.95 Å². The molecule has 1 saturated carbocycles. The molecule has 4 heterocycles. The van der Waals surface area contributed by atoms with Crippen LogP contribution in [0.1, 0.15) is 55.1 Å². The lowest BCUT2D eigenvalue weighted by atomic mass is 9.92. The van der Waals surface area contributed by atoms with Gasteiger partial charge in [-0.2, -0.15) is 4.98 Å². The van der Waals surface area contributed by atoms with E-state index >= 15 is 4.39 Å². The molecule has 10 nitrogen and oxygen atoms in total. The molecule has 0 atom stereocenters. The molecule has 2 fully saturated rings. The molecule has 1 aliphatic carbocycles. The van der Waals surface area contributed by atoms with Crippen molar-refractivity contribution in [3.63, 3.8) is 0 Å². The predicted molar refractivity (Wildman–Crippen MR) is 144 cm³/mol. The lowest BCUT2D eigenvalue weighted by Crippen LogP contribution is -2.50. The number of carbonyl (C=O) groups excluding carboxylic acids is 1. The number of nitrogens with one attached hydrogen (secondary N) is 1. The smallest absolute Gasteiger partial charge is 0.270 e. The molecule has 1 aliphatic heterocycles. The number of hydrogen-bond acceptors (Lipinski definition) is 8. The second-order valence-corrected chi connectivity index (χ2v) is 10.4. The average molecular weight is 526 g/mol. The summed E-state index contributed by atoms with van der Waals surface area (Å²) in [6, 6.07) is 5.96. The highest BCUT2D eigenvalue weighted by Crippen LogP contribution is 2.36. The Labute approximate surface area is 222 Å². The number of pyridine rings is 1. The Kier molecular flexibility index (Phi) is 7.49. The summed E-state index contributed by atoms with van der Waals surface area (Å²) in [6.45, 7) is 1.08. The number of nitrogens with zero attached hydrogens (tertiary/aromatic N) is 6. The van der Waals surface area contributed by atoms with E-state index in [4.69, 9.17) is 14.5 Å². The van der Waals surface area contributed by atoms with Crippen LogP contribution in [0.3, 0.4) is 0 Å². The topological polar surface area (TPSA) is 97.6 Å². The monoisotopic (exact) mass is 525 g/mol. The molecule has 204 valence electrons. The van der Waals surface area contributed by atoms with Gasteiger partial charge in [-0.25, -0.2) is 14.4 Å². The van der Waals surface area contributed by atoms with E-state index in [9.17, 15) is 4.79 Å². The van der Waals surface area contributed by atoms with Crippen molar-refractivity contribution >= 4 is 34.4 Å². The number of methoxy groups -OCH3 is 2. The molecule has 2 aliphatic rings. The first kappa shape index (κ1) is 26.3. The summed E-state index contributed by atoms with van der Waals surface area (Å²) < 4.78 is 27.7. The van der Waals surface area contributed by atoms with Gasteiger partial charge in [-0.3, -0.25) is 4.79 Å². The van der Waals surface area contributed by atoms with E-state index < -0.39 is 12.0 Å². The van der Waals surface area contributed by atoms with E-state index in [1.54, 1.807) is 31.4 Å². The molecule has 3 aromatic rings. The van der Waals surface area contributed by atoms with Crippen LogP contribution in [0.2, 0.25) is 0 Å². The highest BCUT2D eigenvalue weighted by atomic mass is 19.1. The van der Waals surface area contributed by atoms with Gasteiger partial charge in [0.1, 0.15) is 17.2 Å². The van der Waals surface area contributed by atoms with Crippen LogP contribution >= 0.6 is 0 Å². The fourth-order valence-corrected chi connectivity index (χ4v) is 5.65. The van der Waals surface area contributed by atoms with Gasteiger partial charge in [-0.05, 0) is 31.0 Å². The Morgan fingerprint density at radius 1 is 1.13 bits per heavy atom. The minimum Gasteiger partial charge on any atom is -0.370 e. The highest BCUT2D eigenvalue weighted by Gasteiger charge is 2.43. The standard InChI is InChI=1S/C27H36FN7O3/c1-33(2)24(36)21-15-18-16-30-26(32-23(18)35(21)19-7-5-6-8-19)31-22-10-9-20(17-29-22)34-13-11-27(28,12-14-34)25(37-3)38-4/h9-10,15-17,19,25H,5-8,11-14H2,1-4H3,(H,29,30,31,32). The van der Waals surface area contributed by atoms with E-state index in [1.165, 1.54) is 14.2 Å². The van der Waals surface area contributed by atoms with Gasteiger partial charge in [-0.1, -0.05) is 12.8 Å². The molecule has 5 rings (SSSR count). The maximum atomic E-state index is 15.2. The quantitative estimate of drug-likeness (QED) is 0.435. The van der Waals surface area contributed by atoms with Crippen LogP contribution < -0.4 is 10.2 Å². The molecule has 0 bridgehead atoms. The van der Waals surface area contributed by atoms with Crippen molar-refractivity contribution < 1.29 is 18.7 Å². The third-order valence-corrected chi connectivity index (χ3v) is 7.69. The lowest BCUT2D eigenvalue weighted by molar-refractivity contribution is -0.191. The Hall–Kier alpha value is -3.31. The number of carbonyl (C=O) groups is 1. The number of anilines is 3. The summed E-state index contributed by atoms with van der Waals surface area (Å²) in [7, 11) is 6.46. The maximum Gasteiger partial charge on any atom is 0.270 e. The van der Waals surface area contributed by atoms with Crippen LogP contribution in [0, 0.1) is 0 Å². The predicted octanol–water partition coefficient (Wildman–Crippen LogP) is 4.31. The number of hydrogen-bond donors (Lipinski definition) is 1. The molecule has 38 heavy (non-hydrogen) atoms. The van der Waals surface area contributed by atoms with Gasteiger partial charge in [0, 0.05) is 71.9 Å². The molecule has 0 radical (unpaired) electrons. The molecule has 1 amide bonds. The number of piperidine rings is 1. The Balaban J connectivity index is 1.32. The normalized spacial score (nSPS) is 17.9. The van der Waals surface area contributed by atoms with Gasteiger partial charge in [-0.15, -0.1) is 0 Å². The van der Waals surface area contributed by atoms with Crippen molar-refractivity contribution in [2.45, 2.75) is 56.5 Å². The zero-order chi connectivity index (χ0) is 26.9. The van der Waals surface area contributed by atoms with Crippen LogP contribution in [0.15, 0.2) is 30.6 Å². The Bertz CT molecular complexity index is 1260. The molecule has 3 aromatic heterocycles. The summed E-state index contributed by atoms with van der Waals surface area (Å²) in [5.41, 5.74) is 0.817. The molecule has 1 saturated heterocycles. The number of halogens is 1. The van der Waals surface area contributed by atoms with Crippen LogP contribution in [0.5, 0.6) is 0 Å². The van der Waals surface area contributed by atoms with Crippen molar-refractivity contribution in [3.8, 4) is 0 Å². The number of aromatic nitrogens is 4. The summed E-state index contributed by atoms with van der Waals surface area (Å²) in [6.07, 6.45) is 7.64. The molecule has 11 heteroatoms. The number of fused-ring (bicyclic) bond motifs is 1. The van der Waals surface area contributed by atoms with Crippen molar-refractivity contribution in [2.75, 3.05) is 51.6 Å². The zero-order valence-electron chi connectivity index (χ0n) is 22.5. The molecular formula is C27H36FN7O3. The molecule has 0 spiro atoms. The van der Waals surface area contributed by atoms with Gasteiger partial charge < -0.3 is 29.2 Å². The Morgan fingerprint density at radius 2 is 1.84 bits per heavy atom. The van der Waals surface area contributed by atoms with Crippen molar-refractivity contribution in [1.82, 2.24) is 24.4 Å². The van der Waals surface area contributed by atoms with Crippen LogP contribution in [0.25, 0.3) is 11.0 Å². The average Bonchev–Trinajstić information content (AvgIpc) is 3.57. The minimum atomic E-state index is -1.50. The molecule has 1 N–H and O–H groups in total. The second-order valence-electron chi connectivity index (χ2n) is 10.4. The summed E-state index contributed by atoms with van der Waals surface area (Å²) in [5, 5.41) is 4.04. The third kappa shape index (κ3) is 5.04. The number of ether oxygens (including phenoxy) is 2. The SMILES string of the molecule is COC(OC)C1(F)CCN(c2ccc(Nc3ncc4cc(C(=O)N(C)C)n(C5CCCC5)c4n3)nc2)CC1. The van der Waals surface area contributed by atoms with Gasteiger partial charge in [0.05, 0.1) is 11.9 Å². The first-order chi connectivity index (χ1) is 18.3. The van der Waals surface area contributed by atoms with Crippen molar-refractivity contribution in [2.24, 2.45) is 0 Å². The largest absolute Gasteiger partial charge is 0.370 e. The first-order valence-corrected chi connectivity index (χ1v) is 13.1. The van der Waals surface area contributed by atoms with Gasteiger partial charge in [0.25, 0.3) is 5.91 Å². The van der Waals surface area contributed by atoms with Crippen molar-refractivity contribution in [3.05, 3.63) is 36.3 Å². The number of amides is 1. The number of alkyl halides is 1. The molecular weight excluding hydrogens is 489 g/mol. The molecule has 0 unspecified atom stereocenters. The van der Waals surface area contributed by atoms with Gasteiger partial charge >= 0.3 is 0 Å². The minimum absolute atomic E-state index is 0.0376. The Morgan fingerprint density at radius 3 is 2.45 bits per heavy atom. The third-order valence-electron chi connectivity index (χ3n) is 7.69. The first-order valence-electron chi connectivity index (χ1n) is 13.1. The van der Waals surface area contributed by atoms with E-state index in [-0.39, 0.29) is 11.9 Å². The summed E-state index contributed by atoms with van der Waals surface area (Å²) in [5.74, 6) is 0.987. The van der Waals surface area contributed by atoms with Gasteiger partial charge in [0.15, 0.2) is 12.0 Å². The van der Waals surface area contributed by atoms with Crippen molar-refractivity contribution in [1.29, 1.82) is 0 Å². The maximum absolute atomic E-state index is 15.2. The second kappa shape index (κ2) is 10.8. The van der Waals surface area contributed by atoms with E-state index in [0.717, 1.165) is 42.4 Å². The number of rotatable bonds is 8. The van der Waals surface area contributed by atoms with Crippen LogP contribution in [0.4, 0.5) is 21.8 Å².